The molecule has 98 valence electrons. The second kappa shape index (κ2) is 6.70. The zero-order valence-corrected chi connectivity index (χ0v) is 12.6. The Balaban J connectivity index is 2.93. The van der Waals surface area contributed by atoms with E-state index in [9.17, 15) is 4.79 Å². The topological polar surface area (TPSA) is 64.3 Å². The Labute approximate surface area is 120 Å². The maximum atomic E-state index is 12.1. The van der Waals surface area contributed by atoms with Crippen molar-refractivity contribution >= 4 is 39.0 Å². The van der Waals surface area contributed by atoms with Gasteiger partial charge >= 0.3 is 0 Å². The number of thiocarbonyl (C=S) groups is 1. The first kappa shape index (κ1) is 14.9. The van der Waals surface area contributed by atoms with E-state index in [4.69, 9.17) is 22.7 Å². The predicted octanol–water partition coefficient (Wildman–Crippen LogP) is 2.25. The highest BCUT2D eigenvalue weighted by Gasteiger charge is 2.16. The first-order chi connectivity index (χ1) is 8.49. The molecule has 0 aromatic heterocycles. The standard InChI is InChI=1S/C12H15BrN2O2S/c1-3-10(11(14)18)15-12(16)8-6-7(17-2)4-5-9(8)13/h4-6,10H,3H2,1-2H3,(H2,14,18)(H,15,16). The van der Waals surface area contributed by atoms with E-state index in [0.29, 0.717) is 22.2 Å². The fourth-order valence-electron chi connectivity index (χ4n) is 1.42. The number of amides is 1. The lowest BCUT2D eigenvalue weighted by Crippen LogP contribution is -2.43. The van der Waals surface area contributed by atoms with Crippen LogP contribution >= 0.6 is 28.1 Å². The lowest BCUT2D eigenvalue weighted by molar-refractivity contribution is 0.0945. The van der Waals surface area contributed by atoms with Gasteiger partial charge in [0, 0.05) is 4.47 Å². The number of carbonyl (C=O) groups excluding carboxylic acids is 1. The van der Waals surface area contributed by atoms with Crippen LogP contribution in [0.4, 0.5) is 0 Å². The number of nitrogens with one attached hydrogen (secondary N) is 1. The molecule has 0 aliphatic heterocycles. The van der Waals surface area contributed by atoms with Gasteiger partial charge in [-0.1, -0.05) is 19.1 Å². The number of halogens is 1. The second-order valence-electron chi connectivity index (χ2n) is 3.68. The maximum absolute atomic E-state index is 12.1. The minimum atomic E-state index is -0.300. The second-order valence-corrected chi connectivity index (χ2v) is 5.01. The van der Waals surface area contributed by atoms with Crippen LogP contribution in [0.3, 0.4) is 0 Å². The van der Waals surface area contributed by atoms with Gasteiger partial charge in [-0.3, -0.25) is 4.79 Å². The van der Waals surface area contributed by atoms with Gasteiger partial charge in [-0.15, -0.1) is 0 Å². The van der Waals surface area contributed by atoms with Gasteiger partial charge in [-0.2, -0.15) is 0 Å². The molecule has 0 aliphatic carbocycles. The quantitative estimate of drug-likeness (QED) is 0.813. The van der Waals surface area contributed by atoms with Gasteiger partial charge < -0.3 is 15.8 Å². The van der Waals surface area contributed by atoms with Crippen molar-refractivity contribution in [1.82, 2.24) is 5.32 Å². The largest absolute Gasteiger partial charge is 0.497 e. The lowest BCUT2D eigenvalue weighted by Gasteiger charge is -2.16. The highest BCUT2D eigenvalue weighted by atomic mass is 79.9. The van der Waals surface area contributed by atoms with E-state index >= 15 is 0 Å². The van der Waals surface area contributed by atoms with Gasteiger partial charge in [-0.25, -0.2) is 0 Å². The number of hydrogen-bond donors (Lipinski definition) is 2. The summed E-state index contributed by atoms with van der Waals surface area (Å²) in [5.74, 6) is 0.382. The molecular weight excluding hydrogens is 316 g/mol. The number of ether oxygens (including phenoxy) is 1. The third kappa shape index (κ3) is 3.68. The van der Waals surface area contributed by atoms with Gasteiger partial charge in [0.15, 0.2) is 0 Å². The minimum Gasteiger partial charge on any atom is -0.497 e. The molecule has 0 bridgehead atoms. The normalized spacial score (nSPS) is 11.7. The van der Waals surface area contributed by atoms with Crippen molar-refractivity contribution in [2.45, 2.75) is 19.4 Å². The van der Waals surface area contributed by atoms with Gasteiger partial charge in [0.05, 0.1) is 23.7 Å². The van der Waals surface area contributed by atoms with Crippen molar-refractivity contribution < 1.29 is 9.53 Å². The molecule has 1 rings (SSSR count). The Morgan fingerprint density at radius 3 is 2.78 bits per heavy atom. The molecule has 1 aromatic carbocycles. The summed E-state index contributed by atoms with van der Waals surface area (Å²) in [5, 5.41) is 2.78. The molecule has 3 N–H and O–H groups in total. The maximum Gasteiger partial charge on any atom is 0.253 e. The van der Waals surface area contributed by atoms with Crippen LogP contribution < -0.4 is 15.8 Å². The third-order valence-corrected chi connectivity index (χ3v) is 3.45. The number of rotatable bonds is 5. The zero-order valence-electron chi connectivity index (χ0n) is 10.2. The molecule has 18 heavy (non-hydrogen) atoms. The molecule has 1 atom stereocenters. The van der Waals surface area contributed by atoms with Crippen LogP contribution in [-0.2, 0) is 0 Å². The number of carbonyl (C=O) groups is 1. The van der Waals surface area contributed by atoms with Gasteiger partial charge in [-0.05, 0) is 40.5 Å². The highest BCUT2D eigenvalue weighted by molar-refractivity contribution is 9.10. The molecule has 1 aromatic rings. The van der Waals surface area contributed by atoms with E-state index in [-0.39, 0.29) is 16.9 Å². The first-order valence-corrected chi connectivity index (χ1v) is 6.63. The lowest BCUT2D eigenvalue weighted by atomic mass is 10.1. The molecule has 0 radical (unpaired) electrons. The number of benzene rings is 1. The fourth-order valence-corrected chi connectivity index (χ4v) is 2.07. The van der Waals surface area contributed by atoms with Crippen molar-refractivity contribution in [3.05, 3.63) is 28.2 Å². The van der Waals surface area contributed by atoms with Crippen LogP contribution in [0.1, 0.15) is 23.7 Å². The Kier molecular flexibility index (Phi) is 5.55. The average molecular weight is 331 g/mol. The van der Waals surface area contributed by atoms with Crippen molar-refractivity contribution in [3.8, 4) is 5.75 Å². The summed E-state index contributed by atoms with van der Waals surface area (Å²) in [5.41, 5.74) is 6.04. The molecule has 0 aliphatic rings. The summed E-state index contributed by atoms with van der Waals surface area (Å²) < 4.78 is 5.78. The van der Waals surface area contributed by atoms with Gasteiger partial charge in [0.2, 0.25) is 0 Å². The fraction of sp³-hybridized carbons (Fsp3) is 0.333. The average Bonchev–Trinajstić information content (AvgIpc) is 2.35. The Morgan fingerprint density at radius 1 is 1.61 bits per heavy atom. The van der Waals surface area contributed by atoms with Gasteiger partial charge in [0.1, 0.15) is 5.75 Å². The van der Waals surface area contributed by atoms with Crippen LogP contribution in [0.15, 0.2) is 22.7 Å². The predicted molar refractivity (Wildman–Crippen MR) is 79.0 cm³/mol. The molecule has 0 fully saturated rings. The molecule has 1 amide bonds. The molecule has 0 heterocycles. The van der Waals surface area contributed by atoms with E-state index in [1.54, 1.807) is 25.3 Å². The highest BCUT2D eigenvalue weighted by Crippen LogP contribution is 2.22. The first-order valence-electron chi connectivity index (χ1n) is 5.43. The third-order valence-electron chi connectivity index (χ3n) is 2.48. The van der Waals surface area contributed by atoms with Crippen LogP contribution in [0.25, 0.3) is 0 Å². The number of methoxy groups -OCH3 is 1. The molecule has 1 unspecified atom stereocenters. The van der Waals surface area contributed by atoms with Crippen LogP contribution in [0.2, 0.25) is 0 Å². The van der Waals surface area contributed by atoms with Crippen molar-refractivity contribution in [2.75, 3.05) is 7.11 Å². The minimum absolute atomic E-state index is 0.236. The summed E-state index contributed by atoms with van der Waals surface area (Å²) in [6.45, 7) is 1.91. The Bertz CT molecular complexity index is 465. The molecule has 6 heteroatoms. The van der Waals surface area contributed by atoms with Crippen molar-refractivity contribution in [2.24, 2.45) is 5.73 Å². The van der Waals surface area contributed by atoms with Crippen LogP contribution in [0.5, 0.6) is 5.75 Å². The summed E-state index contributed by atoms with van der Waals surface area (Å²) in [6.07, 6.45) is 0.655. The summed E-state index contributed by atoms with van der Waals surface area (Å²) in [6, 6.07) is 4.89. The van der Waals surface area contributed by atoms with Crippen LogP contribution in [0, 0.1) is 0 Å². The van der Waals surface area contributed by atoms with Gasteiger partial charge in [0.25, 0.3) is 5.91 Å². The number of hydrogen-bond acceptors (Lipinski definition) is 3. The van der Waals surface area contributed by atoms with E-state index in [1.165, 1.54) is 0 Å². The summed E-state index contributed by atoms with van der Waals surface area (Å²) >= 11 is 8.22. The van der Waals surface area contributed by atoms with Crippen molar-refractivity contribution in [3.63, 3.8) is 0 Å². The van der Waals surface area contributed by atoms with E-state index in [0.717, 1.165) is 0 Å². The van der Waals surface area contributed by atoms with Crippen molar-refractivity contribution in [1.29, 1.82) is 0 Å². The van der Waals surface area contributed by atoms with Crippen LogP contribution in [-0.4, -0.2) is 24.0 Å². The molecule has 0 saturated heterocycles. The Morgan fingerprint density at radius 2 is 2.28 bits per heavy atom. The number of nitrogens with two attached hydrogens (primary N) is 1. The summed E-state index contributed by atoms with van der Waals surface area (Å²) in [4.78, 5) is 12.4. The Hall–Kier alpha value is -1.14. The molecule has 0 saturated carbocycles. The molecular formula is C12H15BrN2O2S. The summed E-state index contributed by atoms with van der Waals surface area (Å²) in [7, 11) is 1.55. The zero-order chi connectivity index (χ0) is 13.7. The smallest absolute Gasteiger partial charge is 0.253 e. The SMILES string of the molecule is CCC(NC(=O)c1cc(OC)ccc1Br)C(N)=S. The van der Waals surface area contributed by atoms with E-state index in [1.807, 2.05) is 6.92 Å². The monoisotopic (exact) mass is 330 g/mol. The molecule has 0 spiro atoms. The van der Waals surface area contributed by atoms with E-state index < -0.39 is 0 Å². The molecule has 4 nitrogen and oxygen atoms in total. The van der Waals surface area contributed by atoms with E-state index in [2.05, 4.69) is 21.2 Å².